The van der Waals surface area contributed by atoms with Crippen LogP contribution in [0.5, 0.6) is 0 Å². The second-order valence-electron chi connectivity index (χ2n) is 6.17. The third-order valence-electron chi connectivity index (χ3n) is 4.85. The average Bonchev–Trinajstić information content (AvgIpc) is 3.00. The Kier molecular flexibility index (Phi) is 4.06. The van der Waals surface area contributed by atoms with Crippen molar-refractivity contribution in [3.63, 3.8) is 0 Å². The Morgan fingerprint density at radius 1 is 1.15 bits per heavy atom. The minimum atomic E-state index is -0.279. The van der Waals surface area contributed by atoms with Gasteiger partial charge < -0.3 is 10.6 Å². The Morgan fingerprint density at radius 3 is 2.55 bits per heavy atom. The first-order valence-corrected chi connectivity index (χ1v) is 7.88. The Morgan fingerprint density at radius 2 is 1.90 bits per heavy atom. The van der Waals surface area contributed by atoms with Gasteiger partial charge in [0, 0.05) is 12.6 Å². The minimum absolute atomic E-state index is 0.245. The molecule has 1 aliphatic carbocycles. The van der Waals surface area contributed by atoms with Gasteiger partial charge in [-0.1, -0.05) is 43.2 Å². The van der Waals surface area contributed by atoms with E-state index in [2.05, 4.69) is 22.8 Å². The summed E-state index contributed by atoms with van der Waals surface area (Å²) in [6, 6.07) is 10.6. The van der Waals surface area contributed by atoms with Crippen molar-refractivity contribution >= 4 is 5.91 Å². The molecule has 0 radical (unpaired) electrons. The molecule has 1 heterocycles. The second kappa shape index (κ2) is 5.96. The fourth-order valence-corrected chi connectivity index (χ4v) is 3.68. The highest BCUT2D eigenvalue weighted by molar-refractivity contribution is 5.88. The third-order valence-corrected chi connectivity index (χ3v) is 4.85. The molecule has 0 bridgehead atoms. The molecule has 1 aromatic carbocycles. The molecule has 108 valence electrons. The molecule has 2 aliphatic rings. The van der Waals surface area contributed by atoms with Crippen molar-refractivity contribution in [2.75, 3.05) is 13.1 Å². The lowest BCUT2D eigenvalue weighted by atomic mass is 9.77. The number of amides is 1. The summed E-state index contributed by atoms with van der Waals surface area (Å²) in [6.07, 6.45) is 6.55. The Balaban J connectivity index is 1.78. The summed E-state index contributed by atoms with van der Waals surface area (Å²) in [5.74, 6) is 0.245. The SMILES string of the molecule is O=C(N[C@H]1CCCNC1)C1(c2ccccc2)CCCC1. The van der Waals surface area contributed by atoms with Gasteiger partial charge in [-0.3, -0.25) is 4.79 Å². The summed E-state index contributed by atoms with van der Waals surface area (Å²) in [5.41, 5.74) is 0.914. The summed E-state index contributed by atoms with van der Waals surface area (Å²) >= 11 is 0. The van der Waals surface area contributed by atoms with Crippen LogP contribution in [-0.4, -0.2) is 25.0 Å². The van der Waals surface area contributed by atoms with E-state index >= 15 is 0 Å². The molecule has 0 unspecified atom stereocenters. The van der Waals surface area contributed by atoms with Crippen LogP contribution in [0.25, 0.3) is 0 Å². The quantitative estimate of drug-likeness (QED) is 0.887. The first-order valence-electron chi connectivity index (χ1n) is 7.88. The lowest BCUT2D eigenvalue weighted by molar-refractivity contribution is -0.127. The monoisotopic (exact) mass is 272 g/mol. The van der Waals surface area contributed by atoms with E-state index in [1.807, 2.05) is 18.2 Å². The van der Waals surface area contributed by atoms with Crippen LogP contribution >= 0.6 is 0 Å². The molecule has 1 amide bonds. The van der Waals surface area contributed by atoms with Crippen LogP contribution < -0.4 is 10.6 Å². The lowest BCUT2D eigenvalue weighted by Crippen LogP contribution is -2.51. The molecular formula is C17H24N2O. The van der Waals surface area contributed by atoms with E-state index < -0.39 is 0 Å². The number of carbonyl (C=O) groups excluding carboxylic acids is 1. The van der Waals surface area contributed by atoms with Crippen LogP contribution in [0.2, 0.25) is 0 Å². The summed E-state index contributed by atoms with van der Waals surface area (Å²) in [4.78, 5) is 12.9. The number of carbonyl (C=O) groups is 1. The number of rotatable bonds is 3. The average molecular weight is 272 g/mol. The van der Waals surface area contributed by atoms with Gasteiger partial charge in [0.1, 0.15) is 0 Å². The Bertz CT molecular complexity index is 445. The van der Waals surface area contributed by atoms with Crippen molar-refractivity contribution in [1.29, 1.82) is 0 Å². The van der Waals surface area contributed by atoms with Gasteiger partial charge in [-0.2, -0.15) is 0 Å². The minimum Gasteiger partial charge on any atom is -0.351 e. The summed E-state index contributed by atoms with van der Waals surface area (Å²) in [5, 5.41) is 6.67. The predicted octanol–water partition coefficient (Wildman–Crippen LogP) is 2.37. The fraction of sp³-hybridized carbons (Fsp3) is 0.588. The fourth-order valence-electron chi connectivity index (χ4n) is 3.68. The third kappa shape index (κ3) is 2.59. The molecule has 1 atom stereocenters. The van der Waals surface area contributed by atoms with E-state index in [0.717, 1.165) is 51.6 Å². The second-order valence-corrected chi connectivity index (χ2v) is 6.17. The van der Waals surface area contributed by atoms with E-state index in [1.54, 1.807) is 0 Å². The summed E-state index contributed by atoms with van der Waals surface area (Å²) in [7, 11) is 0. The van der Waals surface area contributed by atoms with E-state index in [1.165, 1.54) is 5.56 Å². The van der Waals surface area contributed by atoms with Crippen molar-refractivity contribution in [1.82, 2.24) is 10.6 Å². The highest BCUT2D eigenvalue weighted by Gasteiger charge is 2.43. The van der Waals surface area contributed by atoms with Crippen molar-refractivity contribution in [3.8, 4) is 0 Å². The van der Waals surface area contributed by atoms with Gasteiger partial charge in [0.2, 0.25) is 5.91 Å². The lowest BCUT2D eigenvalue weighted by Gasteiger charge is -2.32. The Hall–Kier alpha value is -1.35. The predicted molar refractivity (Wildman–Crippen MR) is 80.6 cm³/mol. The van der Waals surface area contributed by atoms with Crippen LogP contribution in [-0.2, 0) is 10.2 Å². The van der Waals surface area contributed by atoms with E-state index in [4.69, 9.17) is 0 Å². The van der Waals surface area contributed by atoms with Crippen molar-refractivity contribution in [3.05, 3.63) is 35.9 Å². The van der Waals surface area contributed by atoms with Gasteiger partial charge in [-0.05, 0) is 37.8 Å². The molecule has 2 fully saturated rings. The molecule has 1 aliphatic heterocycles. The van der Waals surface area contributed by atoms with Gasteiger partial charge in [0.05, 0.1) is 5.41 Å². The van der Waals surface area contributed by atoms with E-state index in [-0.39, 0.29) is 11.3 Å². The molecule has 3 heteroatoms. The van der Waals surface area contributed by atoms with Crippen molar-refractivity contribution < 1.29 is 4.79 Å². The van der Waals surface area contributed by atoms with Gasteiger partial charge in [-0.25, -0.2) is 0 Å². The smallest absolute Gasteiger partial charge is 0.230 e. The van der Waals surface area contributed by atoms with Gasteiger partial charge in [0.25, 0.3) is 0 Å². The zero-order valence-corrected chi connectivity index (χ0v) is 12.0. The topological polar surface area (TPSA) is 41.1 Å². The van der Waals surface area contributed by atoms with Gasteiger partial charge >= 0.3 is 0 Å². The molecule has 3 rings (SSSR count). The molecule has 0 aromatic heterocycles. The molecule has 1 saturated heterocycles. The largest absolute Gasteiger partial charge is 0.351 e. The molecule has 1 aromatic rings. The highest BCUT2D eigenvalue weighted by Crippen LogP contribution is 2.41. The molecule has 2 N–H and O–H groups in total. The highest BCUT2D eigenvalue weighted by atomic mass is 16.2. The standard InChI is InChI=1S/C17H24N2O/c20-16(19-15-9-6-12-18-13-15)17(10-4-5-11-17)14-7-2-1-3-8-14/h1-3,7-8,15,18H,4-6,9-13H2,(H,19,20)/t15-/m0/s1. The van der Waals surface area contributed by atoms with Crippen molar-refractivity contribution in [2.45, 2.75) is 50.0 Å². The first-order chi connectivity index (χ1) is 9.81. The maximum atomic E-state index is 12.9. The number of nitrogens with one attached hydrogen (secondary N) is 2. The summed E-state index contributed by atoms with van der Waals surface area (Å²) < 4.78 is 0. The van der Waals surface area contributed by atoms with E-state index in [0.29, 0.717) is 6.04 Å². The number of piperidine rings is 1. The molecule has 20 heavy (non-hydrogen) atoms. The molecular weight excluding hydrogens is 248 g/mol. The normalized spacial score (nSPS) is 25.3. The molecule has 1 saturated carbocycles. The zero-order valence-electron chi connectivity index (χ0n) is 12.0. The zero-order chi connectivity index (χ0) is 13.8. The first kappa shape index (κ1) is 13.6. The molecule has 0 spiro atoms. The van der Waals surface area contributed by atoms with E-state index in [9.17, 15) is 4.79 Å². The van der Waals surface area contributed by atoms with Crippen LogP contribution in [0.15, 0.2) is 30.3 Å². The van der Waals surface area contributed by atoms with Crippen LogP contribution in [0.3, 0.4) is 0 Å². The van der Waals surface area contributed by atoms with Crippen molar-refractivity contribution in [2.24, 2.45) is 0 Å². The summed E-state index contributed by atoms with van der Waals surface area (Å²) in [6.45, 7) is 1.99. The number of hydrogen-bond donors (Lipinski definition) is 2. The number of benzene rings is 1. The Labute approximate surface area is 121 Å². The van der Waals surface area contributed by atoms with Crippen LogP contribution in [0, 0.1) is 0 Å². The maximum absolute atomic E-state index is 12.9. The number of hydrogen-bond acceptors (Lipinski definition) is 2. The van der Waals surface area contributed by atoms with Crippen LogP contribution in [0.1, 0.15) is 44.1 Å². The maximum Gasteiger partial charge on any atom is 0.230 e. The van der Waals surface area contributed by atoms with Gasteiger partial charge in [0.15, 0.2) is 0 Å². The van der Waals surface area contributed by atoms with Gasteiger partial charge in [-0.15, -0.1) is 0 Å². The van der Waals surface area contributed by atoms with Crippen LogP contribution in [0.4, 0.5) is 0 Å². The molecule has 3 nitrogen and oxygen atoms in total.